The smallest absolute Gasteiger partial charge is 0.363 e. The predicted octanol–water partition coefficient (Wildman–Crippen LogP) is 0.135. The SMILES string of the molecule is COCCOC(=O)CCn1nnn(C2CCCC2)c1=O. The molecule has 0 aromatic carbocycles. The van der Waals surface area contributed by atoms with Crippen LogP contribution < -0.4 is 5.69 Å². The Hall–Kier alpha value is -1.70. The number of rotatable bonds is 7. The second kappa shape index (κ2) is 7.18. The predicted molar refractivity (Wildman–Crippen MR) is 69.2 cm³/mol. The highest BCUT2D eigenvalue weighted by molar-refractivity contribution is 5.69. The van der Waals surface area contributed by atoms with Crippen molar-refractivity contribution in [1.29, 1.82) is 0 Å². The summed E-state index contributed by atoms with van der Waals surface area (Å²) in [6.07, 6.45) is 4.29. The molecule has 8 heteroatoms. The number of tetrazole rings is 1. The van der Waals surface area contributed by atoms with Crippen molar-refractivity contribution >= 4 is 5.97 Å². The van der Waals surface area contributed by atoms with Gasteiger partial charge in [-0.3, -0.25) is 4.79 Å². The molecule has 0 amide bonds. The molecule has 1 heterocycles. The van der Waals surface area contributed by atoms with Crippen molar-refractivity contribution in [3.63, 3.8) is 0 Å². The Morgan fingerprint density at radius 3 is 2.75 bits per heavy atom. The van der Waals surface area contributed by atoms with Crippen molar-refractivity contribution in [2.45, 2.75) is 44.7 Å². The van der Waals surface area contributed by atoms with Crippen LogP contribution in [0, 0.1) is 0 Å². The zero-order valence-corrected chi connectivity index (χ0v) is 11.7. The molecule has 0 spiro atoms. The first-order valence-corrected chi connectivity index (χ1v) is 6.89. The third kappa shape index (κ3) is 3.66. The van der Waals surface area contributed by atoms with Crippen LogP contribution in [0.1, 0.15) is 38.1 Å². The summed E-state index contributed by atoms with van der Waals surface area (Å²) in [5.41, 5.74) is -0.249. The van der Waals surface area contributed by atoms with Gasteiger partial charge in [0.15, 0.2) is 0 Å². The van der Waals surface area contributed by atoms with Crippen LogP contribution in [0.5, 0.6) is 0 Å². The molecule has 0 saturated heterocycles. The summed E-state index contributed by atoms with van der Waals surface area (Å²) in [6.45, 7) is 0.778. The van der Waals surface area contributed by atoms with Crippen LogP contribution >= 0.6 is 0 Å². The first-order valence-electron chi connectivity index (χ1n) is 6.89. The van der Waals surface area contributed by atoms with Gasteiger partial charge < -0.3 is 9.47 Å². The van der Waals surface area contributed by atoms with Gasteiger partial charge in [-0.05, 0) is 23.3 Å². The van der Waals surface area contributed by atoms with Crippen LogP contribution in [0.2, 0.25) is 0 Å². The summed E-state index contributed by atoms with van der Waals surface area (Å²) >= 11 is 0. The number of carbonyl (C=O) groups excluding carboxylic acids is 1. The molecule has 0 N–H and O–H groups in total. The van der Waals surface area contributed by atoms with Crippen LogP contribution in [0.4, 0.5) is 0 Å². The van der Waals surface area contributed by atoms with E-state index in [1.807, 2.05) is 0 Å². The van der Waals surface area contributed by atoms with Gasteiger partial charge in [0.05, 0.1) is 25.6 Å². The number of hydrogen-bond acceptors (Lipinski definition) is 6. The van der Waals surface area contributed by atoms with Gasteiger partial charge in [-0.25, -0.2) is 4.79 Å². The molecule has 1 saturated carbocycles. The van der Waals surface area contributed by atoms with Crippen LogP contribution in [-0.2, 0) is 20.8 Å². The number of esters is 1. The monoisotopic (exact) mass is 284 g/mol. The number of ether oxygens (including phenoxy) is 2. The highest BCUT2D eigenvalue weighted by Gasteiger charge is 2.21. The summed E-state index contributed by atoms with van der Waals surface area (Å²) in [5.74, 6) is -0.371. The maximum absolute atomic E-state index is 12.1. The summed E-state index contributed by atoms with van der Waals surface area (Å²) in [7, 11) is 1.54. The third-order valence-electron chi connectivity index (χ3n) is 3.41. The third-order valence-corrected chi connectivity index (χ3v) is 3.41. The average Bonchev–Trinajstić information content (AvgIpc) is 3.06. The highest BCUT2D eigenvalue weighted by atomic mass is 16.6. The van der Waals surface area contributed by atoms with Crippen LogP contribution in [0.3, 0.4) is 0 Å². The minimum Gasteiger partial charge on any atom is -0.463 e. The van der Waals surface area contributed by atoms with E-state index in [1.54, 1.807) is 0 Å². The van der Waals surface area contributed by atoms with Gasteiger partial charge in [0, 0.05) is 7.11 Å². The van der Waals surface area contributed by atoms with E-state index >= 15 is 0 Å². The molecule has 1 aliphatic carbocycles. The molecule has 0 bridgehead atoms. The molecule has 20 heavy (non-hydrogen) atoms. The highest BCUT2D eigenvalue weighted by Crippen LogP contribution is 2.27. The Labute approximate surface area is 116 Å². The molecular weight excluding hydrogens is 264 g/mol. The number of aryl methyl sites for hydroxylation is 1. The minimum atomic E-state index is -0.371. The number of carbonyl (C=O) groups is 1. The van der Waals surface area contributed by atoms with Gasteiger partial charge in [-0.1, -0.05) is 12.8 Å². The van der Waals surface area contributed by atoms with E-state index in [9.17, 15) is 9.59 Å². The largest absolute Gasteiger partial charge is 0.463 e. The molecular formula is C12H20N4O4. The van der Waals surface area contributed by atoms with E-state index in [0.717, 1.165) is 25.7 Å². The maximum atomic E-state index is 12.1. The Kier molecular flexibility index (Phi) is 5.28. The summed E-state index contributed by atoms with van der Waals surface area (Å²) in [5, 5.41) is 7.71. The van der Waals surface area contributed by atoms with Gasteiger partial charge in [0.1, 0.15) is 6.61 Å². The number of nitrogens with zero attached hydrogens (tertiary/aromatic N) is 4. The summed E-state index contributed by atoms with van der Waals surface area (Å²) in [6, 6.07) is 0.157. The second-order valence-corrected chi connectivity index (χ2v) is 4.83. The molecule has 112 valence electrons. The second-order valence-electron chi connectivity index (χ2n) is 4.83. The van der Waals surface area contributed by atoms with Crippen molar-refractivity contribution in [1.82, 2.24) is 19.8 Å². The topological polar surface area (TPSA) is 88.2 Å². The molecule has 1 aromatic rings. The summed E-state index contributed by atoms with van der Waals surface area (Å²) < 4.78 is 12.3. The maximum Gasteiger partial charge on any atom is 0.363 e. The van der Waals surface area contributed by atoms with Gasteiger partial charge in [0.2, 0.25) is 0 Å². The first kappa shape index (κ1) is 14.7. The molecule has 1 aliphatic rings. The Bertz CT molecular complexity index is 490. The lowest BCUT2D eigenvalue weighted by atomic mass is 10.3. The fourth-order valence-corrected chi connectivity index (χ4v) is 2.31. The fraction of sp³-hybridized carbons (Fsp3) is 0.833. The molecule has 8 nitrogen and oxygen atoms in total. The zero-order valence-electron chi connectivity index (χ0n) is 11.7. The normalized spacial score (nSPS) is 15.7. The Balaban J connectivity index is 1.84. The molecule has 0 unspecified atom stereocenters. The van der Waals surface area contributed by atoms with E-state index in [2.05, 4.69) is 10.4 Å². The molecule has 0 aliphatic heterocycles. The van der Waals surface area contributed by atoms with E-state index in [1.165, 1.54) is 16.5 Å². The van der Waals surface area contributed by atoms with E-state index in [4.69, 9.17) is 9.47 Å². The lowest BCUT2D eigenvalue weighted by Gasteiger charge is -2.05. The molecule has 1 fully saturated rings. The van der Waals surface area contributed by atoms with Crippen molar-refractivity contribution in [2.75, 3.05) is 20.3 Å². The standard InChI is InChI=1S/C12H20N4O4/c1-19-8-9-20-11(17)6-7-15-12(18)16(14-13-15)10-4-2-3-5-10/h10H,2-9H2,1H3. The molecule has 2 rings (SSSR count). The minimum absolute atomic E-state index is 0.104. The summed E-state index contributed by atoms with van der Waals surface area (Å²) in [4.78, 5) is 23.5. The molecule has 0 atom stereocenters. The van der Waals surface area contributed by atoms with Crippen molar-refractivity contribution < 1.29 is 14.3 Å². The first-order chi connectivity index (χ1) is 9.72. The van der Waals surface area contributed by atoms with Crippen molar-refractivity contribution in [3.05, 3.63) is 10.5 Å². The van der Waals surface area contributed by atoms with E-state index < -0.39 is 0 Å². The van der Waals surface area contributed by atoms with Gasteiger partial charge in [-0.2, -0.15) is 9.36 Å². The van der Waals surface area contributed by atoms with Crippen molar-refractivity contribution in [3.8, 4) is 0 Å². The van der Waals surface area contributed by atoms with Gasteiger partial charge in [-0.15, -0.1) is 0 Å². The number of aromatic nitrogens is 4. The van der Waals surface area contributed by atoms with Crippen LogP contribution in [0.25, 0.3) is 0 Å². The lowest BCUT2D eigenvalue weighted by molar-refractivity contribution is -0.145. The van der Waals surface area contributed by atoms with Crippen molar-refractivity contribution in [2.24, 2.45) is 0 Å². The Morgan fingerprint density at radius 2 is 2.05 bits per heavy atom. The molecule has 1 aromatic heterocycles. The van der Waals surface area contributed by atoms with Gasteiger partial charge >= 0.3 is 11.7 Å². The van der Waals surface area contributed by atoms with Crippen LogP contribution in [-0.4, -0.2) is 46.1 Å². The Morgan fingerprint density at radius 1 is 1.30 bits per heavy atom. The zero-order chi connectivity index (χ0) is 14.4. The molecule has 0 radical (unpaired) electrons. The van der Waals surface area contributed by atoms with E-state index in [-0.39, 0.29) is 37.3 Å². The number of methoxy groups -OCH3 is 1. The van der Waals surface area contributed by atoms with Crippen LogP contribution in [0.15, 0.2) is 4.79 Å². The fourth-order valence-electron chi connectivity index (χ4n) is 2.31. The lowest BCUT2D eigenvalue weighted by Crippen LogP contribution is -2.28. The van der Waals surface area contributed by atoms with E-state index in [0.29, 0.717) is 6.61 Å². The quantitative estimate of drug-likeness (QED) is 0.522. The number of hydrogen-bond donors (Lipinski definition) is 0. The average molecular weight is 284 g/mol. The van der Waals surface area contributed by atoms with Gasteiger partial charge in [0.25, 0.3) is 0 Å².